The van der Waals surface area contributed by atoms with Gasteiger partial charge in [-0.05, 0) is 33.4 Å². The summed E-state index contributed by atoms with van der Waals surface area (Å²) in [6, 6.07) is 0. The van der Waals surface area contributed by atoms with Crippen LogP contribution < -0.4 is 5.32 Å². The second kappa shape index (κ2) is 4.34. The van der Waals surface area contributed by atoms with Crippen LogP contribution in [0.1, 0.15) is 32.6 Å². The normalized spacial score (nSPS) is 27.1. The average molecular weight is 225 g/mol. The first-order chi connectivity index (χ1) is 7.59. The van der Waals surface area contributed by atoms with Gasteiger partial charge in [-0.15, -0.1) is 0 Å². The third-order valence-electron chi connectivity index (χ3n) is 3.59. The van der Waals surface area contributed by atoms with Gasteiger partial charge in [0.2, 0.25) is 5.91 Å². The van der Waals surface area contributed by atoms with Crippen LogP contribution in [0, 0.1) is 0 Å². The quantitative estimate of drug-likeness (QED) is 0.746. The van der Waals surface area contributed by atoms with Gasteiger partial charge in [0.25, 0.3) is 0 Å². The fourth-order valence-corrected chi connectivity index (χ4v) is 2.42. The SMILES string of the molecule is CCCC1NC2(CC2)C(=O)N1CCN(C)C. The summed E-state index contributed by atoms with van der Waals surface area (Å²) in [5.41, 5.74) is -0.147. The summed E-state index contributed by atoms with van der Waals surface area (Å²) in [6.45, 7) is 3.98. The van der Waals surface area contributed by atoms with Gasteiger partial charge in [0.05, 0.1) is 11.7 Å². The highest BCUT2D eigenvalue weighted by Gasteiger charge is 2.58. The predicted octanol–water partition coefficient (Wildman–Crippen LogP) is 0.639. The molecule has 0 radical (unpaired) electrons. The second-order valence-corrected chi connectivity index (χ2v) is 5.33. The number of carbonyl (C=O) groups is 1. The van der Waals surface area contributed by atoms with Gasteiger partial charge in [0.15, 0.2) is 0 Å². The van der Waals surface area contributed by atoms with Crippen LogP contribution in [0.15, 0.2) is 0 Å². The van der Waals surface area contributed by atoms with E-state index >= 15 is 0 Å². The van der Waals surface area contributed by atoms with Crippen molar-refractivity contribution in [3.05, 3.63) is 0 Å². The molecule has 0 aromatic carbocycles. The number of likely N-dealkylation sites (N-methyl/N-ethyl adjacent to an activating group) is 1. The zero-order chi connectivity index (χ0) is 11.8. The van der Waals surface area contributed by atoms with Crippen LogP contribution in [0.25, 0.3) is 0 Å². The third-order valence-corrected chi connectivity index (χ3v) is 3.59. The highest BCUT2D eigenvalue weighted by molar-refractivity contribution is 5.91. The van der Waals surface area contributed by atoms with E-state index in [-0.39, 0.29) is 11.7 Å². The lowest BCUT2D eigenvalue weighted by molar-refractivity contribution is -0.131. The Morgan fingerprint density at radius 3 is 2.69 bits per heavy atom. The lowest BCUT2D eigenvalue weighted by atomic mass is 10.2. The standard InChI is InChI=1S/C12H23N3O/c1-4-5-10-13-12(6-7-12)11(16)15(10)9-8-14(2)3/h10,13H,4-9H2,1-3H3. The Hall–Kier alpha value is -0.610. The molecule has 1 spiro atoms. The Labute approximate surface area is 98.0 Å². The van der Waals surface area contributed by atoms with E-state index < -0.39 is 0 Å². The molecular weight excluding hydrogens is 202 g/mol. The molecule has 92 valence electrons. The Morgan fingerprint density at radius 1 is 1.50 bits per heavy atom. The van der Waals surface area contributed by atoms with Crippen molar-refractivity contribution in [3.63, 3.8) is 0 Å². The lowest BCUT2D eigenvalue weighted by Crippen LogP contribution is -2.41. The molecule has 1 N–H and O–H groups in total. The summed E-state index contributed by atoms with van der Waals surface area (Å²) in [5, 5.41) is 3.52. The molecule has 1 atom stereocenters. The van der Waals surface area contributed by atoms with Crippen molar-refractivity contribution < 1.29 is 4.79 Å². The molecule has 2 aliphatic rings. The molecule has 1 saturated heterocycles. The van der Waals surface area contributed by atoms with Crippen molar-refractivity contribution in [3.8, 4) is 0 Å². The number of rotatable bonds is 5. The molecular formula is C12H23N3O. The number of hydrogen-bond donors (Lipinski definition) is 1. The summed E-state index contributed by atoms with van der Waals surface area (Å²) in [4.78, 5) is 16.4. The highest BCUT2D eigenvalue weighted by atomic mass is 16.2. The molecule has 0 bridgehead atoms. The summed E-state index contributed by atoms with van der Waals surface area (Å²) < 4.78 is 0. The van der Waals surface area contributed by atoms with E-state index in [9.17, 15) is 4.79 Å². The minimum absolute atomic E-state index is 0.147. The average Bonchev–Trinajstić information content (AvgIpc) is 2.93. The predicted molar refractivity (Wildman–Crippen MR) is 64.1 cm³/mol. The minimum atomic E-state index is -0.147. The Morgan fingerprint density at radius 2 is 2.19 bits per heavy atom. The van der Waals surface area contributed by atoms with Gasteiger partial charge >= 0.3 is 0 Å². The summed E-state index contributed by atoms with van der Waals surface area (Å²) >= 11 is 0. The van der Waals surface area contributed by atoms with E-state index in [0.717, 1.165) is 38.8 Å². The largest absolute Gasteiger partial charge is 0.324 e. The van der Waals surface area contributed by atoms with E-state index in [1.54, 1.807) is 0 Å². The van der Waals surface area contributed by atoms with Crippen LogP contribution in [0.2, 0.25) is 0 Å². The first-order valence-corrected chi connectivity index (χ1v) is 6.32. The molecule has 4 heteroatoms. The number of hydrogen-bond acceptors (Lipinski definition) is 3. The van der Waals surface area contributed by atoms with Crippen LogP contribution in [0.4, 0.5) is 0 Å². The molecule has 1 saturated carbocycles. The van der Waals surface area contributed by atoms with E-state index in [0.29, 0.717) is 5.91 Å². The summed E-state index contributed by atoms with van der Waals surface area (Å²) in [7, 11) is 4.10. The van der Waals surface area contributed by atoms with Crippen LogP contribution in [0.3, 0.4) is 0 Å². The Bertz CT molecular complexity index is 273. The number of nitrogens with one attached hydrogen (secondary N) is 1. The fourth-order valence-electron chi connectivity index (χ4n) is 2.42. The number of nitrogens with zero attached hydrogens (tertiary/aromatic N) is 2. The zero-order valence-corrected chi connectivity index (χ0v) is 10.6. The van der Waals surface area contributed by atoms with Crippen molar-refractivity contribution in [2.24, 2.45) is 0 Å². The minimum Gasteiger partial charge on any atom is -0.324 e. The van der Waals surface area contributed by atoms with Crippen molar-refractivity contribution in [1.29, 1.82) is 0 Å². The molecule has 2 fully saturated rings. The van der Waals surface area contributed by atoms with E-state index in [1.165, 1.54) is 0 Å². The van der Waals surface area contributed by atoms with Crippen molar-refractivity contribution in [2.45, 2.75) is 44.3 Å². The maximum Gasteiger partial charge on any atom is 0.244 e. The van der Waals surface area contributed by atoms with E-state index in [1.807, 2.05) is 0 Å². The van der Waals surface area contributed by atoms with Gasteiger partial charge in [-0.25, -0.2) is 0 Å². The van der Waals surface area contributed by atoms with Gasteiger partial charge in [-0.3, -0.25) is 10.1 Å². The van der Waals surface area contributed by atoms with Gasteiger partial charge < -0.3 is 9.80 Å². The lowest BCUT2D eigenvalue weighted by Gasteiger charge is -2.25. The van der Waals surface area contributed by atoms with Crippen LogP contribution in [-0.2, 0) is 4.79 Å². The molecule has 1 amide bonds. The number of carbonyl (C=O) groups excluding carboxylic acids is 1. The molecule has 0 aromatic rings. The highest BCUT2D eigenvalue weighted by Crippen LogP contribution is 2.42. The molecule has 1 aliphatic carbocycles. The molecule has 0 aromatic heterocycles. The smallest absolute Gasteiger partial charge is 0.244 e. The van der Waals surface area contributed by atoms with Gasteiger partial charge in [0, 0.05) is 13.1 Å². The molecule has 1 unspecified atom stereocenters. The molecule has 16 heavy (non-hydrogen) atoms. The Balaban J connectivity index is 1.98. The second-order valence-electron chi connectivity index (χ2n) is 5.33. The van der Waals surface area contributed by atoms with E-state index in [2.05, 4.69) is 36.1 Å². The van der Waals surface area contributed by atoms with Crippen LogP contribution in [0.5, 0.6) is 0 Å². The Kier molecular flexibility index (Phi) is 3.22. The monoisotopic (exact) mass is 225 g/mol. The van der Waals surface area contributed by atoms with Gasteiger partial charge in [-0.1, -0.05) is 13.3 Å². The van der Waals surface area contributed by atoms with Crippen LogP contribution in [-0.4, -0.2) is 54.6 Å². The number of amides is 1. The van der Waals surface area contributed by atoms with E-state index in [4.69, 9.17) is 0 Å². The first-order valence-electron chi connectivity index (χ1n) is 6.32. The van der Waals surface area contributed by atoms with Crippen molar-refractivity contribution in [2.75, 3.05) is 27.2 Å². The molecule has 1 heterocycles. The molecule has 4 nitrogen and oxygen atoms in total. The molecule has 2 rings (SSSR count). The third kappa shape index (κ3) is 2.09. The summed E-state index contributed by atoms with van der Waals surface area (Å²) in [6.07, 6.45) is 4.54. The zero-order valence-electron chi connectivity index (χ0n) is 10.6. The maximum atomic E-state index is 12.2. The fraction of sp³-hybridized carbons (Fsp3) is 0.917. The summed E-state index contributed by atoms with van der Waals surface area (Å²) in [5.74, 6) is 0.341. The first kappa shape index (κ1) is 11.9. The van der Waals surface area contributed by atoms with Gasteiger partial charge in [0.1, 0.15) is 0 Å². The van der Waals surface area contributed by atoms with Gasteiger partial charge in [-0.2, -0.15) is 0 Å². The molecule has 1 aliphatic heterocycles. The van der Waals surface area contributed by atoms with Crippen molar-refractivity contribution in [1.82, 2.24) is 15.1 Å². The maximum absolute atomic E-state index is 12.2. The topological polar surface area (TPSA) is 35.6 Å². The van der Waals surface area contributed by atoms with Crippen molar-refractivity contribution >= 4 is 5.91 Å². The van der Waals surface area contributed by atoms with Crippen LogP contribution >= 0.6 is 0 Å².